The highest BCUT2D eigenvalue weighted by Gasteiger charge is 2.12. The van der Waals surface area contributed by atoms with Crippen LogP contribution in [0, 0.1) is 11.8 Å². The molecule has 0 atom stereocenters. The normalized spacial score (nSPS) is 9.96. The minimum absolute atomic E-state index is 0.0210. The predicted molar refractivity (Wildman–Crippen MR) is 102 cm³/mol. The van der Waals surface area contributed by atoms with Crippen LogP contribution < -0.4 is 16.3 Å². The fourth-order valence-electron chi connectivity index (χ4n) is 2.50. The van der Waals surface area contributed by atoms with Crippen LogP contribution in [0.2, 0.25) is 0 Å². The fraction of sp³-hybridized carbons (Fsp3) is 0.0952. The van der Waals surface area contributed by atoms with Gasteiger partial charge >= 0.3 is 5.63 Å². The summed E-state index contributed by atoms with van der Waals surface area (Å²) in [6, 6.07) is 15.4. The molecule has 0 aliphatic rings. The summed E-state index contributed by atoms with van der Waals surface area (Å²) in [5.41, 5.74) is 0.639. The second-order valence-electron chi connectivity index (χ2n) is 5.59. The number of hydrogen-bond acceptors (Lipinski definition) is 4. The molecule has 0 fully saturated rings. The first kappa shape index (κ1) is 18.0. The third-order valence-corrected chi connectivity index (χ3v) is 3.85. The third-order valence-electron chi connectivity index (χ3n) is 3.85. The van der Waals surface area contributed by atoms with Gasteiger partial charge in [0.05, 0.1) is 12.1 Å². The van der Waals surface area contributed by atoms with Crippen molar-refractivity contribution in [1.29, 1.82) is 0 Å². The summed E-state index contributed by atoms with van der Waals surface area (Å²) in [5.74, 6) is 4.83. The van der Waals surface area contributed by atoms with E-state index in [0.717, 1.165) is 0 Å². The Morgan fingerprint density at radius 3 is 2.56 bits per heavy atom. The summed E-state index contributed by atoms with van der Waals surface area (Å²) in [6.07, 6.45) is 0. The van der Waals surface area contributed by atoms with Gasteiger partial charge in [0.15, 0.2) is 0 Å². The molecule has 0 saturated heterocycles. The highest BCUT2D eigenvalue weighted by atomic mass is 16.4. The Bertz CT molecular complexity index is 1140. The van der Waals surface area contributed by atoms with Gasteiger partial charge in [-0.2, -0.15) is 0 Å². The van der Waals surface area contributed by atoms with Gasteiger partial charge in [-0.15, -0.1) is 0 Å². The van der Waals surface area contributed by atoms with Crippen molar-refractivity contribution in [1.82, 2.24) is 10.6 Å². The number of fused-ring (bicyclic) bond motifs is 1. The van der Waals surface area contributed by atoms with Crippen molar-refractivity contribution in [2.75, 3.05) is 13.6 Å². The summed E-state index contributed by atoms with van der Waals surface area (Å²) >= 11 is 0. The number of carbonyl (C=O) groups is 2. The molecule has 2 aromatic carbocycles. The Morgan fingerprint density at radius 2 is 1.74 bits per heavy atom. The van der Waals surface area contributed by atoms with E-state index in [1.807, 2.05) is 0 Å². The number of amides is 2. The topological polar surface area (TPSA) is 88.4 Å². The molecule has 0 bridgehead atoms. The Hall–Kier alpha value is -3.85. The monoisotopic (exact) mass is 360 g/mol. The smallest absolute Gasteiger partial charge is 0.349 e. The molecule has 3 rings (SSSR count). The first-order chi connectivity index (χ1) is 13.1. The number of para-hydroxylation sites is 1. The van der Waals surface area contributed by atoms with Crippen molar-refractivity contribution >= 4 is 22.8 Å². The summed E-state index contributed by atoms with van der Waals surface area (Å²) < 4.78 is 5.15. The van der Waals surface area contributed by atoms with Gasteiger partial charge in [-0.05, 0) is 24.3 Å². The lowest BCUT2D eigenvalue weighted by Crippen LogP contribution is -2.28. The van der Waals surface area contributed by atoms with Gasteiger partial charge in [0.2, 0.25) is 0 Å². The van der Waals surface area contributed by atoms with Crippen LogP contribution in [0.25, 0.3) is 11.0 Å². The van der Waals surface area contributed by atoms with Gasteiger partial charge in [0, 0.05) is 18.0 Å². The first-order valence-corrected chi connectivity index (χ1v) is 8.21. The molecule has 3 aromatic rings. The SMILES string of the molecule is CNC(=O)c1ccccc1C#CCNC(=O)c1cc2ccccc2oc1=O. The average molecular weight is 360 g/mol. The van der Waals surface area contributed by atoms with Crippen LogP contribution in [0.1, 0.15) is 26.3 Å². The number of carbonyl (C=O) groups excluding carboxylic acids is 2. The zero-order chi connectivity index (χ0) is 19.2. The van der Waals surface area contributed by atoms with E-state index in [0.29, 0.717) is 22.1 Å². The number of nitrogens with one attached hydrogen (secondary N) is 2. The van der Waals surface area contributed by atoms with Gasteiger partial charge in [-0.1, -0.05) is 42.2 Å². The van der Waals surface area contributed by atoms with E-state index >= 15 is 0 Å². The van der Waals surface area contributed by atoms with Crippen LogP contribution in [-0.4, -0.2) is 25.4 Å². The minimum atomic E-state index is -0.705. The van der Waals surface area contributed by atoms with E-state index in [9.17, 15) is 14.4 Å². The molecule has 2 amide bonds. The molecule has 0 spiro atoms. The van der Waals surface area contributed by atoms with E-state index in [2.05, 4.69) is 22.5 Å². The summed E-state index contributed by atoms with van der Waals surface area (Å²) in [6.45, 7) is 0.0210. The van der Waals surface area contributed by atoms with Gasteiger partial charge < -0.3 is 15.1 Å². The quantitative estimate of drug-likeness (QED) is 0.552. The van der Waals surface area contributed by atoms with Crippen molar-refractivity contribution in [3.63, 3.8) is 0 Å². The van der Waals surface area contributed by atoms with Crippen LogP contribution in [0.15, 0.2) is 63.8 Å². The summed E-state index contributed by atoms with van der Waals surface area (Å²) in [5, 5.41) is 5.78. The van der Waals surface area contributed by atoms with Crippen molar-refractivity contribution in [2.45, 2.75) is 0 Å². The lowest BCUT2D eigenvalue weighted by Gasteiger charge is -2.03. The van der Waals surface area contributed by atoms with Crippen LogP contribution >= 0.6 is 0 Å². The second-order valence-corrected chi connectivity index (χ2v) is 5.59. The molecule has 6 heteroatoms. The van der Waals surface area contributed by atoms with Gasteiger partial charge in [0.1, 0.15) is 11.1 Å². The second kappa shape index (κ2) is 8.02. The van der Waals surface area contributed by atoms with Crippen LogP contribution in [-0.2, 0) is 0 Å². The molecule has 0 saturated carbocycles. The summed E-state index contributed by atoms with van der Waals surface area (Å²) in [7, 11) is 1.54. The molecule has 134 valence electrons. The van der Waals surface area contributed by atoms with E-state index in [1.165, 1.54) is 6.07 Å². The van der Waals surface area contributed by atoms with Crippen LogP contribution in [0.4, 0.5) is 0 Å². The largest absolute Gasteiger partial charge is 0.422 e. The molecule has 27 heavy (non-hydrogen) atoms. The molecule has 2 N–H and O–H groups in total. The maximum Gasteiger partial charge on any atom is 0.349 e. The van der Waals surface area contributed by atoms with Gasteiger partial charge in [-0.25, -0.2) is 4.79 Å². The van der Waals surface area contributed by atoms with E-state index in [1.54, 1.807) is 55.6 Å². The Morgan fingerprint density at radius 1 is 1.00 bits per heavy atom. The van der Waals surface area contributed by atoms with Crippen molar-refractivity contribution in [3.05, 3.63) is 81.7 Å². The zero-order valence-corrected chi connectivity index (χ0v) is 14.5. The maximum atomic E-state index is 12.2. The third kappa shape index (κ3) is 4.05. The standard InChI is InChI=1S/C21H16N2O4/c1-22-19(24)16-10-4-2-7-14(16)9-6-12-23-20(25)17-13-15-8-3-5-11-18(15)27-21(17)26/h2-5,7-8,10-11,13H,12H2,1H3,(H,22,24)(H,23,25). The Labute approximate surface area is 155 Å². The number of benzene rings is 2. The molecule has 0 aliphatic heterocycles. The number of hydrogen-bond donors (Lipinski definition) is 2. The van der Waals surface area contributed by atoms with Crippen LogP contribution in [0.3, 0.4) is 0 Å². The average Bonchev–Trinajstić information content (AvgIpc) is 2.70. The molecule has 0 aliphatic carbocycles. The lowest BCUT2D eigenvalue weighted by atomic mass is 10.1. The summed E-state index contributed by atoms with van der Waals surface area (Å²) in [4.78, 5) is 36.0. The molecule has 0 unspecified atom stereocenters. The van der Waals surface area contributed by atoms with Crippen molar-refractivity contribution in [2.24, 2.45) is 0 Å². The van der Waals surface area contributed by atoms with Gasteiger partial charge in [0.25, 0.3) is 11.8 Å². The molecular weight excluding hydrogens is 344 g/mol. The molecule has 1 heterocycles. The van der Waals surface area contributed by atoms with Crippen molar-refractivity contribution < 1.29 is 14.0 Å². The molecular formula is C21H16N2O4. The lowest BCUT2D eigenvalue weighted by molar-refractivity contribution is 0.0949. The molecule has 6 nitrogen and oxygen atoms in total. The van der Waals surface area contributed by atoms with Gasteiger partial charge in [-0.3, -0.25) is 9.59 Å². The Balaban J connectivity index is 1.73. The molecule has 0 radical (unpaired) electrons. The first-order valence-electron chi connectivity index (χ1n) is 8.21. The van der Waals surface area contributed by atoms with Crippen LogP contribution in [0.5, 0.6) is 0 Å². The highest BCUT2D eigenvalue weighted by molar-refractivity contribution is 5.97. The van der Waals surface area contributed by atoms with Crippen molar-refractivity contribution in [3.8, 4) is 11.8 Å². The highest BCUT2D eigenvalue weighted by Crippen LogP contribution is 2.12. The van der Waals surface area contributed by atoms with E-state index in [4.69, 9.17) is 4.42 Å². The fourth-order valence-corrected chi connectivity index (χ4v) is 2.50. The minimum Gasteiger partial charge on any atom is -0.422 e. The Kier molecular flexibility index (Phi) is 5.33. The zero-order valence-electron chi connectivity index (χ0n) is 14.5. The predicted octanol–water partition coefficient (Wildman–Crippen LogP) is 1.93. The molecule has 1 aromatic heterocycles. The van der Waals surface area contributed by atoms with E-state index < -0.39 is 11.5 Å². The van der Waals surface area contributed by atoms with E-state index in [-0.39, 0.29) is 18.0 Å². The number of rotatable bonds is 3. The maximum absolute atomic E-state index is 12.2.